The summed E-state index contributed by atoms with van der Waals surface area (Å²) in [5.74, 6) is -0.465. The molecule has 1 aromatic rings. The summed E-state index contributed by atoms with van der Waals surface area (Å²) in [5.41, 5.74) is 0.661. The number of aromatic nitrogens is 1. The molecular weight excluding hydrogens is 303 g/mol. The highest BCUT2D eigenvalue weighted by Crippen LogP contribution is 2.25. The molecule has 5 nitrogen and oxygen atoms in total. The third kappa shape index (κ3) is 3.22. The summed E-state index contributed by atoms with van der Waals surface area (Å²) < 4.78 is 4.97. The molecule has 108 valence electrons. The van der Waals surface area contributed by atoms with Crippen LogP contribution in [0.1, 0.15) is 35.8 Å². The molecule has 0 spiro atoms. The zero-order valence-electron chi connectivity index (χ0n) is 11.0. The molecule has 0 N–H and O–H groups in total. The number of hydrogen-bond donors (Lipinski definition) is 0. The Kier molecular flexibility index (Phi) is 4.83. The number of likely N-dealkylation sites (tertiary alicyclic amines) is 1. The van der Waals surface area contributed by atoms with Crippen molar-refractivity contribution in [3.63, 3.8) is 0 Å². The van der Waals surface area contributed by atoms with E-state index in [0.717, 1.165) is 6.42 Å². The Labute approximate surface area is 126 Å². The molecule has 1 aromatic heterocycles. The number of pyridine rings is 1. The molecule has 20 heavy (non-hydrogen) atoms. The largest absolute Gasteiger partial charge is 0.462 e. The van der Waals surface area contributed by atoms with Crippen LogP contribution in [-0.4, -0.2) is 34.9 Å². The molecule has 0 aromatic carbocycles. The van der Waals surface area contributed by atoms with E-state index in [-0.39, 0.29) is 34.8 Å². The highest BCUT2D eigenvalue weighted by atomic mass is 35.5. The maximum absolute atomic E-state index is 11.9. The third-order valence-electron chi connectivity index (χ3n) is 3.02. The average Bonchev–Trinajstić information content (AvgIpc) is 2.79. The van der Waals surface area contributed by atoms with Gasteiger partial charge in [0.2, 0.25) is 5.91 Å². The van der Waals surface area contributed by atoms with Crippen molar-refractivity contribution in [1.29, 1.82) is 0 Å². The van der Waals surface area contributed by atoms with Crippen LogP contribution in [0.15, 0.2) is 6.07 Å². The topological polar surface area (TPSA) is 59.5 Å². The molecule has 1 fully saturated rings. The van der Waals surface area contributed by atoms with Gasteiger partial charge >= 0.3 is 5.97 Å². The highest BCUT2D eigenvalue weighted by molar-refractivity contribution is 6.41. The molecule has 0 aliphatic carbocycles. The van der Waals surface area contributed by atoms with E-state index in [1.165, 1.54) is 6.07 Å². The van der Waals surface area contributed by atoms with Crippen LogP contribution >= 0.6 is 23.2 Å². The number of ether oxygens (including phenoxy) is 1. The normalized spacial score (nSPS) is 14.8. The predicted molar refractivity (Wildman–Crippen MR) is 74.9 cm³/mol. The van der Waals surface area contributed by atoms with Crippen molar-refractivity contribution in [2.45, 2.75) is 26.3 Å². The summed E-state index contributed by atoms with van der Waals surface area (Å²) in [6.07, 6.45) is 1.34. The van der Waals surface area contributed by atoms with Crippen LogP contribution in [0, 0.1) is 0 Å². The molecule has 7 heteroatoms. The SMILES string of the molecule is CCOC(=O)c1cc(Cl)c(Cl)nc1CN1CCCC1=O. The van der Waals surface area contributed by atoms with Crippen LogP contribution in [0.3, 0.4) is 0 Å². The fourth-order valence-electron chi connectivity index (χ4n) is 2.06. The van der Waals surface area contributed by atoms with Gasteiger partial charge in [0.15, 0.2) is 0 Å². The lowest BCUT2D eigenvalue weighted by Crippen LogP contribution is -2.26. The zero-order chi connectivity index (χ0) is 14.7. The number of nitrogens with zero attached hydrogens (tertiary/aromatic N) is 2. The monoisotopic (exact) mass is 316 g/mol. The molecule has 0 radical (unpaired) electrons. The number of rotatable bonds is 4. The summed E-state index contributed by atoms with van der Waals surface area (Å²) in [5, 5.41) is 0.299. The Morgan fingerprint density at radius 1 is 1.50 bits per heavy atom. The smallest absolute Gasteiger partial charge is 0.340 e. The summed E-state index contributed by atoms with van der Waals surface area (Å²) >= 11 is 11.8. The van der Waals surface area contributed by atoms with Crippen molar-refractivity contribution in [3.05, 3.63) is 27.5 Å². The summed E-state index contributed by atoms with van der Waals surface area (Å²) in [4.78, 5) is 29.3. The first-order valence-corrected chi connectivity index (χ1v) is 7.08. The Morgan fingerprint density at radius 3 is 2.85 bits per heavy atom. The van der Waals surface area contributed by atoms with Gasteiger partial charge < -0.3 is 9.64 Å². The van der Waals surface area contributed by atoms with Gasteiger partial charge in [-0.3, -0.25) is 4.79 Å². The third-order valence-corrected chi connectivity index (χ3v) is 3.69. The summed E-state index contributed by atoms with van der Waals surface area (Å²) in [6.45, 7) is 2.86. The second kappa shape index (κ2) is 6.41. The van der Waals surface area contributed by atoms with Crippen molar-refractivity contribution >= 4 is 35.1 Å². The van der Waals surface area contributed by atoms with Crippen LogP contribution in [0.2, 0.25) is 10.2 Å². The molecule has 1 saturated heterocycles. The van der Waals surface area contributed by atoms with Gasteiger partial charge in [-0.1, -0.05) is 23.2 Å². The van der Waals surface area contributed by atoms with Crippen molar-refractivity contribution < 1.29 is 14.3 Å². The average molecular weight is 317 g/mol. The van der Waals surface area contributed by atoms with Gasteiger partial charge in [0.05, 0.1) is 29.4 Å². The first-order chi connectivity index (χ1) is 9.52. The van der Waals surface area contributed by atoms with Crippen molar-refractivity contribution in [2.24, 2.45) is 0 Å². The standard InChI is InChI=1S/C13H14Cl2N2O3/c1-2-20-13(19)8-6-9(14)12(15)16-10(8)7-17-5-3-4-11(17)18/h6H,2-5,7H2,1H3. The minimum Gasteiger partial charge on any atom is -0.462 e. The molecular formula is C13H14Cl2N2O3. The Hall–Kier alpha value is -1.33. The van der Waals surface area contributed by atoms with Gasteiger partial charge in [0.1, 0.15) is 5.15 Å². The van der Waals surface area contributed by atoms with Crippen molar-refractivity contribution in [3.8, 4) is 0 Å². The van der Waals surface area contributed by atoms with Crippen LogP contribution in [0.25, 0.3) is 0 Å². The summed E-state index contributed by atoms with van der Waals surface area (Å²) in [6, 6.07) is 1.44. The van der Waals surface area contributed by atoms with Crippen LogP contribution in [0.5, 0.6) is 0 Å². The molecule has 2 heterocycles. The Balaban J connectivity index is 2.31. The van der Waals surface area contributed by atoms with Crippen LogP contribution in [0.4, 0.5) is 0 Å². The molecule has 2 rings (SSSR count). The van der Waals surface area contributed by atoms with E-state index in [2.05, 4.69) is 4.98 Å². The zero-order valence-corrected chi connectivity index (χ0v) is 12.5. The minimum atomic E-state index is -0.514. The molecule has 0 unspecified atom stereocenters. The molecule has 1 amide bonds. The summed E-state index contributed by atoms with van der Waals surface area (Å²) in [7, 11) is 0. The van der Waals surface area contributed by atoms with E-state index in [9.17, 15) is 9.59 Å². The second-order valence-electron chi connectivity index (χ2n) is 4.39. The quantitative estimate of drug-likeness (QED) is 0.633. The van der Waals surface area contributed by atoms with Crippen LogP contribution < -0.4 is 0 Å². The molecule has 0 saturated carbocycles. The first-order valence-electron chi connectivity index (χ1n) is 6.32. The number of hydrogen-bond acceptors (Lipinski definition) is 4. The minimum absolute atomic E-state index is 0.0488. The van der Waals surface area contributed by atoms with Gasteiger partial charge in [0.25, 0.3) is 0 Å². The van der Waals surface area contributed by atoms with E-state index in [4.69, 9.17) is 27.9 Å². The van der Waals surface area contributed by atoms with Crippen LogP contribution in [-0.2, 0) is 16.1 Å². The second-order valence-corrected chi connectivity index (χ2v) is 5.16. The van der Waals surface area contributed by atoms with E-state index in [1.54, 1.807) is 11.8 Å². The van der Waals surface area contributed by atoms with E-state index in [0.29, 0.717) is 18.7 Å². The van der Waals surface area contributed by atoms with E-state index >= 15 is 0 Å². The predicted octanol–water partition coefficient (Wildman–Crippen LogP) is 2.69. The fraction of sp³-hybridized carbons (Fsp3) is 0.462. The maximum Gasteiger partial charge on any atom is 0.340 e. The van der Waals surface area contributed by atoms with E-state index < -0.39 is 5.97 Å². The lowest BCUT2D eigenvalue weighted by atomic mass is 10.2. The van der Waals surface area contributed by atoms with Crippen molar-refractivity contribution in [1.82, 2.24) is 9.88 Å². The number of carbonyl (C=O) groups excluding carboxylic acids is 2. The molecule has 1 aliphatic heterocycles. The lowest BCUT2D eigenvalue weighted by molar-refractivity contribution is -0.128. The highest BCUT2D eigenvalue weighted by Gasteiger charge is 2.24. The number of carbonyl (C=O) groups is 2. The van der Waals surface area contributed by atoms with Gasteiger partial charge in [-0.05, 0) is 19.4 Å². The number of amides is 1. The maximum atomic E-state index is 11.9. The fourth-order valence-corrected chi connectivity index (χ4v) is 2.37. The van der Waals surface area contributed by atoms with Gasteiger partial charge in [-0.25, -0.2) is 9.78 Å². The first kappa shape index (κ1) is 15.1. The van der Waals surface area contributed by atoms with Gasteiger partial charge in [-0.15, -0.1) is 0 Å². The Bertz CT molecular complexity index is 549. The Morgan fingerprint density at radius 2 is 2.25 bits per heavy atom. The van der Waals surface area contributed by atoms with Crippen molar-refractivity contribution in [2.75, 3.05) is 13.2 Å². The molecule has 0 atom stereocenters. The van der Waals surface area contributed by atoms with E-state index in [1.807, 2.05) is 0 Å². The number of esters is 1. The molecule has 0 bridgehead atoms. The lowest BCUT2D eigenvalue weighted by Gasteiger charge is -2.17. The van der Waals surface area contributed by atoms with Gasteiger partial charge in [0, 0.05) is 13.0 Å². The number of halogens is 2. The molecule has 1 aliphatic rings. The van der Waals surface area contributed by atoms with Gasteiger partial charge in [-0.2, -0.15) is 0 Å².